The van der Waals surface area contributed by atoms with E-state index >= 15 is 0 Å². The molecule has 0 aliphatic heterocycles. The van der Waals surface area contributed by atoms with Crippen molar-refractivity contribution in [3.05, 3.63) is 47.5 Å². The molecule has 21 heavy (non-hydrogen) atoms. The molecule has 0 unspecified atom stereocenters. The van der Waals surface area contributed by atoms with Crippen molar-refractivity contribution in [1.29, 1.82) is 0 Å². The minimum Gasteiger partial charge on any atom is -0.492 e. The zero-order valence-corrected chi connectivity index (χ0v) is 13.1. The van der Waals surface area contributed by atoms with Gasteiger partial charge in [-0.05, 0) is 37.1 Å². The van der Waals surface area contributed by atoms with Gasteiger partial charge in [0.2, 0.25) is 0 Å². The van der Waals surface area contributed by atoms with Crippen molar-refractivity contribution in [3.8, 4) is 5.75 Å². The molecule has 1 aromatic carbocycles. The summed E-state index contributed by atoms with van der Waals surface area (Å²) >= 11 is 6.21. The lowest BCUT2D eigenvalue weighted by atomic mass is 10.2. The van der Waals surface area contributed by atoms with Crippen LogP contribution in [0.25, 0.3) is 0 Å². The van der Waals surface area contributed by atoms with Crippen LogP contribution in [0.4, 0.5) is 0 Å². The van der Waals surface area contributed by atoms with Gasteiger partial charge in [-0.1, -0.05) is 24.6 Å². The topological polar surface area (TPSA) is 39.1 Å². The van der Waals surface area contributed by atoms with Crippen LogP contribution < -0.4 is 10.1 Å². The van der Waals surface area contributed by atoms with Crippen molar-refractivity contribution in [3.63, 3.8) is 0 Å². The summed E-state index contributed by atoms with van der Waals surface area (Å²) in [5, 5.41) is 4.10. The number of aromatic nitrogens is 2. The van der Waals surface area contributed by atoms with Crippen LogP contribution in [-0.2, 0) is 13.1 Å². The molecule has 0 saturated heterocycles. The van der Waals surface area contributed by atoms with E-state index in [1.54, 1.807) is 6.20 Å². The van der Waals surface area contributed by atoms with Gasteiger partial charge >= 0.3 is 0 Å². The van der Waals surface area contributed by atoms with Crippen LogP contribution in [0.2, 0.25) is 5.02 Å². The lowest BCUT2D eigenvalue weighted by molar-refractivity contribution is 0.317. The van der Waals surface area contributed by atoms with Gasteiger partial charge in [0.1, 0.15) is 5.75 Å². The van der Waals surface area contributed by atoms with E-state index in [0.29, 0.717) is 11.6 Å². The first-order chi connectivity index (χ1) is 10.3. The lowest BCUT2D eigenvalue weighted by Gasteiger charge is -2.09. The fraction of sp³-hybridized carbons (Fsp3) is 0.438. The van der Waals surface area contributed by atoms with E-state index in [1.807, 2.05) is 24.7 Å². The van der Waals surface area contributed by atoms with E-state index in [1.165, 1.54) is 5.56 Å². The zero-order valence-electron chi connectivity index (χ0n) is 12.4. The van der Waals surface area contributed by atoms with E-state index in [9.17, 15) is 0 Å². The number of ether oxygens (including phenoxy) is 1. The summed E-state index contributed by atoms with van der Waals surface area (Å²) in [7, 11) is 0. The lowest BCUT2D eigenvalue weighted by Crippen LogP contribution is -2.16. The molecule has 0 fully saturated rings. The number of imidazole rings is 1. The van der Waals surface area contributed by atoms with E-state index in [0.717, 1.165) is 38.2 Å². The number of nitrogens with one attached hydrogen (secondary N) is 1. The van der Waals surface area contributed by atoms with Crippen LogP contribution in [0.15, 0.2) is 36.9 Å². The third-order valence-corrected chi connectivity index (χ3v) is 3.41. The van der Waals surface area contributed by atoms with Gasteiger partial charge in [-0.25, -0.2) is 4.98 Å². The first-order valence-corrected chi connectivity index (χ1v) is 7.75. The number of halogens is 1. The average Bonchev–Trinajstić information content (AvgIpc) is 2.99. The predicted octanol–water partition coefficient (Wildman–Crippen LogP) is 3.51. The van der Waals surface area contributed by atoms with Gasteiger partial charge in [0.15, 0.2) is 0 Å². The SMILES string of the molecule is CCCOc1ccc(CNCCCn2ccnc2)cc1Cl. The monoisotopic (exact) mass is 307 g/mol. The standard InChI is InChI=1S/C16H22ClN3O/c1-2-10-21-16-5-4-14(11-15(16)17)12-18-6-3-8-20-9-7-19-13-20/h4-5,7,9,11,13,18H,2-3,6,8,10,12H2,1H3. The zero-order chi connectivity index (χ0) is 14.9. The molecule has 1 heterocycles. The summed E-state index contributed by atoms with van der Waals surface area (Å²) in [5.41, 5.74) is 1.17. The Morgan fingerprint density at radius 2 is 2.29 bits per heavy atom. The molecule has 114 valence electrons. The minimum atomic E-state index is 0.682. The van der Waals surface area contributed by atoms with Crippen LogP contribution in [0, 0.1) is 0 Å². The second-order valence-corrected chi connectivity index (χ2v) is 5.35. The molecule has 0 bridgehead atoms. The fourth-order valence-electron chi connectivity index (χ4n) is 2.02. The Bertz CT molecular complexity index is 528. The second-order valence-electron chi connectivity index (χ2n) is 4.94. The van der Waals surface area contributed by atoms with Gasteiger partial charge in [-0.15, -0.1) is 0 Å². The van der Waals surface area contributed by atoms with Crippen molar-refractivity contribution >= 4 is 11.6 Å². The molecular weight excluding hydrogens is 286 g/mol. The van der Waals surface area contributed by atoms with Crippen molar-refractivity contribution in [2.24, 2.45) is 0 Å². The fourth-order valence-corrected chi connectivity index (χ4v) is 2.28. The Morgan fingerprint density at radius 1 is 1.38 bits per heavy atom. The molecule has 0 amide bonds. The quantitative estimate of drug-likeness (QED) is 0.721. The Balaban J connectivity index is 1.69. The summed E-state index contributed by atoms with van der Waals surface area (Å²) in [4.78, 5) is 4.02. The minimum absolute atomic E-state index is 0.682. The van der Waals surface area contributed by atoms with Crippen LogP contribution >= 0.6 is 11.6 Å². The first kappa shape index (κ1) is 15.9. The highest BCUT2D eigenvalue weighted by atomic mass is 35.5. The highest BCUT2D eigenvalue weighted by Crippen LogP contribution is 2.25. The van der Waals surface area contributed by atoms with Crippen LogP contribution in [0.3, 0.4) is 0 Å². The van der Waals surface area contributed by atoms with Crippen LogP contribution in [0.1, 0.15) is 25.3 Å². The number of nitrogens with zero attached hydrogens (tertiary/aromatic N) is 2. The highest BCUT2D eigenvalue weighted by molar-refractivity contribution is 6.32. The normalized spacial score (nSPS) is 10.8. The molecule has 2 aromatic rings. The van der Waals surface area contributed by atoms with Crippen LogP contribution in [-0.4, -0.2) is 22.7 Å². The second kappa shape index (κ2) is 8.70. The maximum absolute atomic E-state index is 6.21. The van der Waals surface area contributed by atoms with Crippen molar-refractivity contribution in [1.82, 2.24) is 14.9 Å². The summed E-state index contributed by atoms with van der Waals surface area (Å²) in [5.74, 6) is 0.766. The summed E-state index contributed by atoms with van der Waals surface area (Å²) in [6.07, 6.45) is 7.68. The molecule has 0 spiro atoms. The van der Waals surface area contributed by atoms with Gasteiger partial charge in [0.25, 0.3) is 0 Å². The summed E-state index contributed by atoms with van der Waals surface area (Å²) in [6.45, 7) is 5.54. The molecule has 1 N–H and O–H groups in total. The molecule has 2 rings (SSSR count). The Labute approximate surface area is 131 Å². The Hall–Kier alpha value is -1.52. The predicted molar refractivity (Wildman–Crippen MR) is 85.8 cm³/mol. The van der Waals surface area contributed by atoms with Gasteiger partial charge in [-0.3, -0.25) is 0 Å². The first-order valence-electron chi connectivity index (χ1n) is 7.37. The Kier molecular flexibility index (Phi) is 6.57. The summed E-state index contributed by atoms with van der Waals surface area (Å²) in [6, 6.07) is 5.97. The van der Waals surface area contributed by atoms with Crippen LogP contribution in [0.5, 0.6) is 5.75 Å². The third kappa shape index (κ3) is 5.40. The molecule has 1 aromatic heterocycles. The average molecular weight is 308 g/mol. The molecule has 4 nitrogen and oxygen atoms in total. The number of aryl methyl sites for hydroxylation is 1. The molecule has 0 radical (unpaired) electrons. The van der Waals surface area contributed by atoms with Crippen molar-refractivity contribution < 1.29 is 4.74 Å². The molecular formula is C16H22ClN3O. The largest absolute Gasteiger partial charge is 0.492 e. The molecule has 0 atom stereocenters. The number of rotatable bonds is 9. The van der Waals surface area contributed by atoms with E-state index in [2.05, 4.69) is 27.9 Å². The third-order valence-electron chi connectivity index (χ3n) is 3.12. The van der Waals surface area contributed by atoms with E-state index < -0.39 is 0 Å². The maximum Gasteiger partial charge on any atom is 0.137 e. The number of benzene rings is 1. The Morgan fingerprint density at radius 3 is 3.00 bits per heavy atom. The van der Waals surface area contributed by atoms with E-state index in [4.69, 9.17) is 16.3 Å². The van der Waals surface area contributed by atoms with Gasteiger partial charge in [-0.2, -0.15) is 0 Å². The van der Waals surface area contributed by atoms with Gasteiger partial charge in [0.05, 0.1) is 18.0 Å². The molecule has 0 saturated carbocycles. The summed E-state index contributed by atoms with van der Waals surface area (Å²) < 4.78 is 7.65. The van der Waals surface area contributed by atoms with Gasteiger partial charge < -0.3 is 14.6 Å². The number of hydrogen-bond acceptors (Lipinski definition) is 3. The number of hydrogen-bond donors (Lipinski definition) is 1. The van der Waals surface area contributed by atoms with Crippen molar-refractivity contribution in [2.45, 2.75) is 32.9 Å². The molecule has 5 heteroatoms. The molecule has 0 aliphatic carbocycles. The maximum atomic E-state index is 6.21. The van der Waals surface area contributed by atoms with Gasteiger partial charge in [0, 0.05) is 25.5 Å². The smallest absolute Gasteiger partial charge is 0.137 e. The highest BCUT2D eigenvalue weighted by Gasteiger charge is 2.02. The van der Waals surface area contributed by atoms with E-state index in [-0.39, 0.29) is 0 Å². The van der Waals surface area contributed by atoms with Crippen molar-refractivity contribution in [2.75, 3.05) is 13.2 Å². The molecule has 0 aliphatic rings.